The first-order valence-corrected chi connectivity index (χ1v) is 5.45. The lowest BCUT2D eigenvalue weighted by Crippen LogP contribution is -1.97. The minimum atomic E-state index is -4.36. The molecular formula is C7H16F4O2S. The Morgan fingerprint density at radius 3 is 1.64 bits per heavy atom. The van der Waals surface area contributed by atoms with Crippen molar-refractivity contribution in [1.29, 1.82) is 0 Å². The van der Waals surface area contributed by atoms with Gasteiger partial charge in [0.15, 0.2) is 0 Å². The standard InChI is InChI=1S/C4H8F2O2S.C2H5F.CH3F/c5-3-1-2-4-9(6,7)8;1-2-3;1-2/h1-4H2;2H2,1H3;1H3. The van der Waals surface area contributed by atoms with Crippen LogP contribution in [-0.2, 0) is 10.2 Å². The lowest BCUT2D eigenvalue weighted by molar-refractivity contribution is 0.466. The first-order valence-electron chi connectivity index (χ1n) is 3.90. The summed E-state index contributed by atoms with van der Waals surface area (Å²) in [5, 5.41) is 0. The fourth-order valence-electron chi connectivity index (χ4n) is 0.369. The van der Waals surface area contributed by atoms with Crippen molar-refractivity contribution in [3.8, 4) is 0 Å². The summed E-state index contributed by atoms with van der Waals surface area (Å²) < 4.78 is 62.0. The van der Waals surface area contributed by atoms with Crippen molar-refractivity contribution in [3.63, 3.8) is 0 Å². The fraction of sp³-hybridized carbons (Fsp3) is 1.00. The van der Waals surface area contributed by atoms with Gasteiger partial charge in [0.1, 0.15) is 0 Å². The molecule has 0 atom stereocenters. The van der Waals surface area contributed by atoms with Crippen LogP contribution in [0.2, 0.25) is 0 Å². The van der Waals surface area contributed by atoms with Crippen molar-refractivity contribution in [2.24, 2.45) is 0 Å². The third-order valence-electron chi connectivity index (χ3n) is 0.772. The highest BCUT2D eigenvalue weighted by atomic mass is 32.3. The molecule has 0 bridgehead atoms. The van der Waals surface area contributed by atoms with Gasteiger partial charge in [0.2, 0.25) is 0 Å². The summed E-state index contributed by atoms with van der Waals surface area (Å²) in [6.45, 7) is 0.621. The van der Waals surface area contributed by atoms with Crippen LogP contribution in [0.1, 0.15) is 19.8 Å². The second-order valence-corrected chi connectivity index (χ2v) is 3.39. The molecule has 0 saturated heterocycles. The monoisotopic (exact) mass is 240 g/mol. The molecule has 0 heterocycles. The van der Waals surface area contributed by atoms with Gasteiger partial charge in [-0.05, 0) is 19.8 Å². The van der Waals surface area contributed by atoms with Crippen molar-refractivity contribution in [2.75, 3.05) is 26.3 Å². The summed E-state index contributed by atoms with van der Waals surface area (Å²) in [4.78, 5) is 0. The van der Waals surface area contributed by atoms with Crippen LogP contribution in [0.15, 0.2) is 0 Å². The zero-order valence-electron chi connectivity index (χ0n) is 8.27. The lowest BCUT2D eigenvalue weighted by atomic mass is 10.4. The molecule has 0 N–H and O–H groups in total. The summed E-state index contributed by atoms with van der Waals surface area (Å²) in [5.41, 5.74) is 0. The predicted molar refractivity (Wildman–Crippen MR) is 48.8 cm³/mol. The van der Waals surface area contributed by atoms with E-state index in [1.54, 1.807) is 0 Å². The Kier molecular flexibility index (Phi) is 20.9. The SMILES string of the molecule is CCF.CF.O=S(=O)(F)CCCCF. The van der Waals surface area contributed by atoms with Gasteiger partial charge in [0, 0.05) is 0 Å². The number of alkyl halides is 3. The van der Waals surface area contributed by atoms with Crippen LogP contribution in [0, 0.1) is 0 Å². The minimum absolute atomic E-state index is 0.0648. The Morgan fingerprint density at radius 1 is 1.07 bits per heavy atom. The van der Waals surface area contributed by atoms with E-state index in [4.69, 9.17) is 0 Å². The van der Waals surface area contributed by atoms with Crippen LogP contribution in [0.25, 0.3) is 0 Å². The first-order chi connectivity index (χ1) is 6.47. The van der Waals surface area contributed by atoms with Crippen LogP contribution < -0.4 is 0 Å². The molecule has 90 valence electrons. The molecule has 0 aliphatic carbocycles. The Balaban J connectivity index is -0.000000205. The summed E-state index contributed by atoms with van der Waals surface area (Å²) in [6.07, 6.45) is 0.179. The van der Waals surface area contributed by atoms with Crippen molar-refractivity contribution >= 4 is 10.2 Å². The molecule has 0 aliphatic heterocycles. The molecule has 7 heteroatoms. The maximum absolute atomic E-state index is 11.6. The van der Waals surface area contributed by atoms with Gasteiger partial charge in [-0.3, -0.25) is 13.2 Å². The van der Waals surface area contributed by atoms with E-state index in [9.17, 15) is 25.5 Å². The smallest absolute Gasteiger partial charge is 0.255 e. The van der Waals surface area contributed by atoms with Crippen molar-refractivity contribution in [1.82, 2.24) is 0 Å². The van der Waals surface area contributed by atoms with E-state index in [0.717, 1.165) is 0 Å². The highest BCUT2D eigenvalue weighted by Crippen LogP contribution is 1.97. The minimum Gasteiger partial charge on any atom is -0.255 e. The summed E-state index contributed by atoms with van der Waals surface area (Å²) >= 11 is 0. The topological polar surface area (TPSA) is 34.1 Å². The molecule has 0 fully saturated rings. The Bertz CT molecular complexity index is 171. The van der Waals surface area contributed by atoms with Crippen molar-refractivity contribution in [3.05, 3.63) is 0 Å². The van der Waals surface area contributed by atoms with Crippen LogP contribution >= 0.6 is 0 Å². The van der Waals surface area contributed by atoms with E-state index in [0.29, 0.717) is 7.18 Å². The van der Waals surface area contributed by atoms with E-state index >= 15 is 0 Å². The summed E-state index contributed by atoms with van der Waals surface area (Å²) in [5.74, 6) is -0.559. The zero-order chi connectivity index (χ0) is 12.0. The number of hydrogen-bond acceptors (Lipinski definition) is 2. The van der Waals surface area contributed by atoms with Gasteiger partial charge in [-0.15, -0.1) is 3.89 Å². The number of rotatable bonds is 4. The van der Waals surface area contributed by atoms with E-state index in [1.165, 1.54) is 6.92 Å². The molecule has 0 aromatic carbocycles. The number of unbranched alkanes of at least 4 members (excludes halogenated alkanes) is 1. The normalized spacial score (nSPS) is 9.29. The average molecular weight is 240 g/mol. The maximum Gasteiger partial charge on any atom is 0.302 e. The highest BCUT2D eigenvalue weighted by molar-refractivity contribution is 7.86. The predicted octanol–water partition coefficient (Wildman–Crippen LogP) is 2.60. The first kappa shape index (κ1) is 19.3. The maximum atomic E-state index is 11.6. The molecule has 2 nitrogen and oxygen atoms in total. The average Bonchev–Trinajstić information content (AvgIpc) is 2.08. The fourth-order valence-corrected chi connectivity index (χ4v) is 0.918. The second-order valence-electron chi connectivity index (χ2n) is 1.91. The third-order valence-corrected chi connectivity index (χ3v) is 1.55. The molecular weight excluding hydrogens is 224 g/mol. The molecule has 14 heavy (non-hydrogen) atoms. The third kappa shape index (κ3) is 41.3. The second kappa shape index (κ2) is 15.2. The Labute approximate surface area is 82.5 Å². The Hall–Kier alpha value is -0.330. The van der Waals surface area contributed by atoms with Gasteiger partial charge in [-0.1, -0.05) is 0 Å². The summed E-state index contributed by atoms with van der Waals surface area (Å²) in [6, 6.07) is 0. The largest absolute Gasteiger partial charge is 0.302 e. The van der Waals surface area contributed by atoms with Gasteiger partial charge in [-0.25, -0.2) is 0 Å². The Morgan fingerprint density at radius 2 is 1.43 bits per heavy atom. The molecule has 0 saturated carbocycles. The van der Waals surface area contributed by atoms with Gasteiger partial charge in [-0.2, -0.15) is 8.42 Å². The van der Waals surface area contributed by atoms with E-state index < -0.39 is 22.7 Å². The molecule has 0 rings (SSSR count). The number of halogens is 4. The molecule has 0 radical (unpaired) electrons. The van der Waals surface area contributed by atoms with Gasteiger partial charge >= 0.3 is 10.2 Å². The molecule has 0 spiro atoms. The van der Waals surface area contributed by atoms with Gasteiger partial charge in [0.25, 0.3) is 0 Å². The van der Waals surface area contributed by atoms with Crippen LogP contribution in [0.5, 0.6) is 0 Å². The van der Waals surface area contributed by atoms with Gasteiger partial charge < -0.3 is 0 Å². The highest BCUT2D eigenvalue weighted by Gasteiger charge is 2.04. The quantitative estimate of drug-likeness (QED) is 0.430. The van der Waals surface area contributed by atoms with Crippen LogP contribution in [-0.4, -0.2) is 34.7 Å². The molecule has 0 amide bonds. The van der Waals surface area contributed by atoms with Crippen LogP contribution in [0.4, 0.5) is 17.1 Å². The molecule has 0 aromatic heterocycles. The van der Waals surface area contributed by atoms with Crippen molar-refractivity contribution < 1.29 is 25.5 Å². The van der Waals surface area contributed by atoms with E-state index in [1.807, 2.05) is 0 Å². The van der Waals surface area contributed by atoms with Gasteiger partial charge in [0.05, 0.1) is 26.3 Å². The van der Waals surface area contributed by atoms with Crippen molar-refractivity contribution in [2.45, 2.75) is 19.8 Å². The lowest BCUT2D eigenvalue weighted by Gasteiger charge is -1.89. The van der Waals surface area contributed by atoms with Crippen LogP contribution in [0.3, 0.4) is 0 Å². The summed E-state index contributed by atoms with van der Waals surface area (Å²) in [7, 11) is -3.86. The van der Waals surface area contributed by atoms with E-state index in [-0.39, 0.29) is 19.5 Å². The zero-order valence-corrected chi connectivity index (χ0v) is 9.09. The number of hydrogen-bond donors (Lipinski definition) is 0. The molecule has 0 aliphatic rings. The molecule has 0 aromatic rings. The molecule has 0 unspecified atom stereocenters. The van der Waals surface area contributed by atoms with E-state index in [2.05, 4.69) is 0 Å².